The number of hydrogen-bond donors (Lipinski definition) is 0. The minimum Gasteiger partial charge on any atom is -0.206 e. The SMILES string of the molecule is CCCCCCc1ccc(-c2ccc(CCC3CCC(CCC)CC3)nn2)c(F)c1. The first-order valence-electron chi connectivity index (χ1n) is 12.3. The summed E-state index contributed by atoms with van der Waals surface area (Å²) in [6, 6.07) is 9.53. The van der Waals surface area contributed by atoms with Crippen LogP contribution in [0.2, 0.25) is 0 Å². The molecule has 1 aromatic heterocycles. The lowest BCUT2D eigenvalue weighted by Gasteiger charge is -2.28. The molecule has 0 saturated heterocycles. The molecule has 30 heavy (non-hydrogen) atoms. The molecular formula is C27H39FN2. The molecule has 164 valence electrons. The van der Waals surface area contributed by atoms with Crippen molar-refractivity contribution in [2.45, 2.75) is 97.3 Å². The van der Waals surface area contributed by atoms with E-state index in [9.17, 15) is 4.39 Å². The molecule has 0 spiro atoms. The molecule has 3 rings (SSSR count). The van der Waals surface area contributed by atoms with E-state index in [2.05, 4.69) is 24.0 Å². The molecule has 0 bridgehead atoms. The Morgan fingerprint density at radius 3 is 2.20 bits per heavy atom. The van der Waals surface area contributed by atoms with E-state index < -0.39 is 0 Å². The first-order valence-corrected chi connectivity index (χ1v) is 12.3. The molecule has 0 unspecified atom stereocenters. The molecule has 2 aromatic rings. The average Bonchev–Trinajstić information content (AvgIpc) is 2.77. The van der Waals surface area contributed by atoms with Crippen molar-refractivity contribution < 1.29 is 4.39 Å². The van der Waals surface area contributed by atoms with E-state index in [1.807, 2.05) is 24.3 Å². The molecule has 1 aliphatic carbocycles. The maximum Gasteiger partial charge on any atom is 0.132 e. The van der Waals surface area contributed by atoms with Gasteiger partial charge in [0.1, 0.15) is 5.82 Å². The summed E-state index contributed by atoms with van der Waals surface area (Å²) >= 11 is 0. The Hall–Kier alpha value is -1.77. The van der Waals surface area contributed by atoms with Gasteiger partial charge < -0.3 is 0 Å². The summed E-state index contributed by atoms with van der Waals surface area (Å²) < 4.78 is 14.6. The molecule has 1 heterocycles. The van der Waals surface area contributed by atoms with Crippen molar-refractivity contribution in [2.24, 2.45) is 11.8 Å². The molecule has 0 N–H and O–H groups in total. The minimum atomic E-state index is -0.186. The number of halogens is 1. The zero-order valence-corrected chi connectivity index (χ0v) is 19.0. The standard InChI is InChI=1S/C27H39FN2/c1-3-5-6-7-9-23-15-18-25(26(28)20-23)27-19-17-24(29-30-27)16-14-22-12-10-21(8-4-2)11-13-22/h15,17-22H,3-14,16H2,1-2H3. The molecule has 0 aliphatic heterocycles. The number of benzene rings is 1. The summed E-state index contributed by atoms with van der Waals surface area (Å²) in [7, 11) is 0. The van der Waals surface area contributed by atoms with Crippen LogP contribution in [0.15, 0.2) is 30.3 Å². The lowest BCUT2D eigenvalue weighted by atomic mass is 9.78. The fourth-order valence-corrected chi connectivity index (χ4v) is 4.88. The second-order valence-electron chi connectivity index (χ2n) is 9.25. The van der Waals surface area contributed by atoms with Gasteiger partial charge in [0.05, 0.1) is 11.4 Å². The topological polar surface area (TPSA) is 25.8 Å². The van der Waals surface area contributed by atoms with E-state index >= 15 is 0 Å². The van der Waals surface area contributed by atoms with E-state index in [0.717, 1.165) is 42.4 Å². The Morgan fingerprint density at radius 1 is 0.800 bits per heavy atom. The van der Waals surface area contributed by atoms with Crippen LogP contribution in [0, 0.1) is 17.7 Å². The van der Waals surface area contributed by atoms with Crippen molar-refractivity contribution in [2.75, 3.05) is 0 Å². The van der Waals surface area contributed by atoms with Gasteiger partial charge in [-0.25, -0.2) is 4.39 Å². The highest BCUT2D eigenvalue weighted by molar-refractivity contribution is 5.59. The maximum atomic E-state index is 14.6. The third kappa shape index (κ3) is 6.89. The quantitative estimate of drug-likeness (QED) is 0.351. The highest BCUT2D eigenvalue weighted by Gasteiger charge is 2.20. The highest BCUT2D eigenvalue weighted by atomic mass is 19.1. The van der Waals surface area contributed by atoms with Crippen LogP contribution in [-0.2, 0) is 12.8 Å². The molecular weight excluding hydrogens is 371 g/mol. The van der Waals surface area contributed by atoms with Gasteiger partial charge in [0, 0.05) is 5.56 Å². The van der Waals surface area contributed by atoms with Crippen LogP contribution in [0.1, 0.15) is 95.7 Å². The number of aryl methyl sites for hydroxylation is 2. The smallest absolute Gasteiger partial charge is 0.132 e. The second-order valence-corrected chi connectivity index (χ2v) is 9.25. The predicted molar refractivity (Wildman–Crippen MR) is 124 cm³/mol. The van der Waals surface area contributed by atoms with Crippen LogP contribution < -0.4 is 0 Å². The highest BCUT2D eigenvalue weighted by Crippen LogP contribution is 2.33. The molecule has 1 saturated carbocycles. The van der Waals surface area contributed by atoms with Gasteiger partial charge in [-0.3, -0.25) is 0 Å². The molecule has 1 aromatic carbocycles. The second kappa shape index (κ2) is 12.2. The van der Waals surface area contributed by atoms with Crippen LogP contribution in [0.4, 0.5) is 4.39 Å². The van der Waals surface area contributed by atoms with Crippen molar-refractivity contribution in [1.82, 2.24) is 10.2 Å². The molecule has 3 heteroatoms. The van der Waals surface area contributed by atoms with Crippen LogP contribution >= 0.6 is 0 Å². The third-order valence-corrected chi connectivity index (χ3v) is 6.82. The van der Waals surface area contributed by atoms with Crippen LogP contribution in [0.5, 0.6) is 0 Å². The summed E-state index contributed by atoms with van der Waals surface area (Å²) in [5.74, 6) is 1.61. The Labute approximate surface area is 182 Å². The Kier molecular flexibility index (Phi) is 9.29. The van der Waals surface area contributed by atoms with Crippen LogP contribution in [-0.4, -0.2) is 10.2 Å². The largest absolute Gasteiger partial charge is 0.206 e. The Morgan fingerprint density at radius 2 is 1.57 bits per heavy atom. The Bertz CT molecular complexity index is 748. The first-order chi connectivity index (χ1) is 14.7. The van der Waals surface area contributed by atoms with Crippen molar-refractivity contribution in [3.05, 3.63) is 47.4 Å². The van der Waals surface area contributed by atoms with Crippen LogP contribution in [0.3, 0.4) is 0 Å². The third-order valence-electron chi connectivity index (χ3n) is 6.82. The monoisotopic (exact) mass is 410 g/mol. The van der Waals surface area contributed by atoms with Gasteiger partial charge in [0.2, 0.25) is 0 Å². The fraction of sp³-hybridized carbons (Fsp3) is 0.630. The minimum absolute atomic E-state index is 0.186. The van der Waals surface area contributed by atoms with Gasteiger partial charge >= 0.3 is 0 Å². The first kappa shape index (κ1) is 22.9. The van der Waals surface area contributed by atoms with Gasteiger partial charge in [0.25, 0.3) is 0 Å². The van der Waals surface area contributed by atoms with Crippen molar-refractivity contribution in [3.8, 4) is 11.3 Å². The van der Waals surface area contributed by atoms with Crippen molar-refractivity contribution >= 4 is 0 Å². The van der Waals surface area contributed by atoms with Gasteiger partial charge in [-0.15, -0.1) is 0 Å². The lowest BCUT2D eigenvalue weighted by molar-refractivity contribution is 0.252. The van der Waals surface area contributed by atoms with E-state index in [1.54, 1.807) is 6.07 Å². The zero-order valence-electron chi connectivity index (χ0n) is 19.0. The van der Waals surface area contributed by atoms with Gasteiger partial charge in [-0.2, -0.15) is 10.2 Å². The van der Waals surface area contributed by atoms with Crippen LogP contribution in [0.25, 0.3) is 11.3 Å². The molecule has 0 atom stereocenters. The average molecular weight is 411 g/mol. The van der Waals surface area contributed by atoms with E-state index in [4.69, 9.17) is 0 Å². The lowest BCUT2D eigenvalue weighted by Crippen LogP contribution is -2.15. The number of rotatable bonds is 11. The molecule has 1 aliphatic rings. The summed E-state index contributed by atoms with van der Waals surface area (Å²) in [4.78, 5) is 0. The number of unbranched alkanes of at least 4 members (excludes halogenated alkanes) is 3. The van der Waals surface area contributed by atoms with E-state index in [-0.39, 0.29) is 5.82 Å². The fourth-order valence-electron chi connectivity index (χ4n) is 4.88. The summed E-state index contributed by atoms with van der Waals surface area (Å²) in [6.07, 6.45) is 16.2. The molecule has 0 radical (unpaired) electrons. The number of nitrogens with zero attached hydrogens (tertiary/aromatic N) is 2. The molecule has 0 amide bonds. The number of aromatic nitrogens is 2. The normalized spacial score (nSPS) is 19.2. The van der Waals surface area contributed by atoms with Gasteiger partial charge in [-0.1, -0.05) is 77.7 Å². The number of hydrogen-bond acceptors (Lipinski definition) is 2. The van der Waals surface area contributed by atoms with Crippen molar-refractivity contribution in [3.63, 3.8) is 0 Å². The molecule has 1 fully saturated rings. The Balaban J connectivity index is 1.49. The predicted octanol–water partition coefficient (Wildman–Crippen LogP) is 7.94. The summed E-state index contributed by atoms with van der Waals surface area (Å²) in [5.41, 5.74) is 3.29. The summed E-state index contributed by atoms with van der Waals surface area (Å²) in [5, 5.41) is 8.74. The van der Waals surface area contributed by atoms with Crippen molar-refractivity contribution in [1.29, 1.82) is 0 Å². The van der Waals surface area contributed by atoms with Gasteiger partial charge in [0.15, 0.2) is 0 Å². The summed E-state index contributed by atoms with van der Waals surface area (Å²) in [6.45, 7) is 4.50. The molecule has 2 nitrogen and oxygen atoms in total. The van der Waals surface area contributed by atoms with E-state index in [0.29, 0.717) is 11.3 Å². The van der Waals surface area contributed by atoms with E-state index in [1.165, 1.54) is 64.2 Å². The van der Waals surface area contributed by atoms with Gasteiger partial charge in [-0.05, 0) is 67.3 Å². The zero-order chi connectivity index (χ0) is 21.2. The maximum absolute atomic E-state index is 14.6.